The lowest BCUT2D eigenvalue weighted by molar-refractivity contribution is -0.180. The lowest BCUT2D eigenvalue weighted by Crippen LogP contribution is -2.36. The van der Waals surface area contributed by atoms with Crippen molar-refractivity contribution in [3.8, 4) is 0 Å². The van der Waals surface area contributed by atoms with E-state index in [1.807, 2.05) is 0 Å². The summed E-state index contributed by atoms with van der Waals surface area (Å²) in [5, 5.41) is 0. The standard InChI is InChI=1S/C11H12F3NO/c1-7-5-9(6-16)8(2)15(7)10(3-4-10)11(12,13)14/h5-6H,3-4H2,1-2H3. The van der Waals surface area contributed by atoms with Gasteiger partial charge >= 0.3 is 6.18 Å². The topological polar surface area (TPSA) is 22.0 Å². The van der Waals surface area contributed by atoms with E-state index in [0.29, 0.717) is 23.2 Å². The fourth-order valence-electron chi connectivity index (χ4n) is 2.32. The molecule has 5 heteroatoms. The van der Waals surface area contributed by atoms with E-state index in [-0.39, 0.29) is 12.8 Å². The van der Waals surface area contributed by atoms with Crippen LogP contribution in [0.2, 0.25) is 0 Å². The average Bonchev–Trinajstić information content (AvgIpc) is 2.90. The smallest absolute Gasteiger partial charge is 0.333 e. The molecule has 1 heterocycles. The molecule has 0 amide bonds. The van der Waals surface area contributed by atoms with Crippen molar-refractivity contribution in [1.29, 1.82) is 0 Å². The predicted octanol–water partition coefficient (Wildman–Crippen LogP) is 2.97. The zero-order valence-electron chi connectivity index (χ0n) is 9.06. The molecule has 0 aliphatic heterocycles. The van der Waals surface area contributed by atoms with Gasteiger partial charge in [-0.3, -0.25) is 4.79 Å². The Kier molecular flexibility index (Phi) is 2.19. The normalized spacial score (nSPS) is 18.6. The highest BCUT2D eigenvalue weighted by molar-refractivity contribution is 5.77. The van der Waals surface area contributed by atoms with Crippen LogP contribution < -0.4 is 0 Å². The van der Waals surface area contributed by atoms with Crippen LogP contribution in [-0.4, -0.2) is 17.0 Å². The van der Waals surface area contributed by atoms with E-state index in [9.17, 15) is 18.0 Å². The fraction of sp³-hybridized carbons (Fsp3) is 0.545. The van der Waals surface area contributed by atoms with Gasteiger partial charge in [0.05, 0.1) is 0 Å². The van der Waals surface area contributed by atoms with Crippen molar-refractivity contribution in [3.63, 3.8) is 0 Å². The van der Waals surface area contributed by atoms with Crippen molar-refractivity contribution >= 4 is 6.29 Å². The van der Waals surface area contributed by atoms with Gasteiger partial charge in [0.25, 0.3) is 0 Å². The van der Waals surface area contributed by atoms with Crippen LogP contribution >= 0.6 is 0 Å². The van der Waals surface area contributed by atoms with E-state index in [1.165, 1.54) is 10.6 Å². The molecule has 1 aliphatic rings. The van der Waals surface area contributed by atoms with Crippen LogP contribution in [0.4, 0.5) is 13.2 Å². The van der Waals surface area contributed by atoms with Gasteiger partial charge in [-0.05, 0) is 32.8 Å². The van der Waals surface area contributed by atoms with Crippen LogP contribution in [0.5, 0.6) is 0 Å². The summed E-state index contributed by atoms with van der Waals surface area (Å²) in [6.07, 6.45) is -3.44. The molecule has 0 spiro atoms. The minimum atomic E-state index is -4.25. The van der Waals surface area contributed by atoms with E-state index in [0.717, 1.165) is 0 Å². The number of carbonyl (C=O) groups excluding carboxylic acids is 1. The number of hydrogen-bond donors (Lipinski definition) is 0. The number of rotatable bonds is 2. The lowest BCUT2D eigenvalue weighted by atomic mass is 10.2. The molecule has 1 aromatic heterocycles. The lowest BCUT2D eigenvalue weighted by Gasteiger charge is -2.24. The monoisotopic (exact) mass is 231 g/mol. The first-order valence-electron chi connectivity index (χ1n) is 5.05. The second kappa shape index (κ2) is 3.12. The molecule has 0 bridgehead atoms. The summed E-state index contributed by atoms with van der Waals surface area (Å²) in [4.78, 5) is 10.7. The van der Waals surface area contributed by atoms with Gasteiger partial charge < -0.3 is 4.57 Å². The molecule has 1 fully saturated rings. The Morgan fingerprint density at radius 3 is 2.25 bits per heavy atom. The Bertz CT molecular complexity index is 441. The molecule has 0 atom stereocenters. The molecular weight excluding hydrogens is 219 g/mol. The van der Waals surface area contributed by atoms with Crippen LogP contribution in [0, 0.1) is 13.8 Å². The van der Waals surface area contributed by atoms with Crippen molar-refractivity contribution in [3.05, 3.63) is 23.0 Å². The first-order valence-corrected chi connectivity index (χ1v) is 5.05. The summed E-state index contributed by atoms with van der Waals surface area (Å²) >= 11 is 0. The molecule has 16 heavy (non-hydrogen) atoms. The molecule has 1 saturated carbocycles. The predicted molar refractivity (Wildman–Crippen MR) is 52.6 cm³/mol. The van der Waals surface area contributed by atoms with Gasteiger partial charge in [-0.1, -0.05) is 0 Å². The van der Waals surface area contributed by atoms with Gasteiger partial charge in [0.2, 0.25) is 0 Å². The van der Waals surface area contributed by atoms with Crippen molar-refractivity contribution in [2.45, 2.75) is 38.4 Å². The Hall–Kier alpha value is -1.26. The van der Waals surface area contributed by atoms with Crippen LogP contribution in [0.1, 0.15) is 34.6 Å². The average molecular weight is 231 g/mol. The van der Waals surface area contributed by atoms with Crippen molar-refractivity contribution in [1.82, 2.24) is 4.57 Å². The molecule has 2 rings (SSSR count). The first kappa shape index (κ1) is 11.2. The maximum Gasteiger partial charge on any atom is 0.411 e. The number of alkyl halides is 3. The maximum absolute atomic E-state index is 12.9. The van der Waals surface area contributed by atoms with Gasteiger partial charge in [0, 0.05) is 17.0 Å². The van der Waals surface area contributed by atoms with Crippen LogP contribution in [0.15, 0.2) is 6.07 Å². The number of halogens is 3. The van der Waals surface area contributed by atoms with Crippen molar-refractivity contribution < 1.29 is 18.0 Å². The summed E-state index contributed by atoms with van der Waals surface area (Å²) in [7, 11) is 0. The summed E-state index contributed by atoms with van der Waals surface area (Å²) < 4.78 is 40.1. The molecule has 1 aliphatic carbocycles. The van der Waals surface area contributed by atoms with E-state index in [4.69, 9.17) is 0 Å². The molecule has 0 N–H and O–H groups in total. The van der Waals surface area contributed by atoms with Gasteiger partial charge in [0.1, 0.15) is 5.54 Å². The summed E-state index contributed by atoms with van der Waals surface area (Å²) in [5.74, 6) is 0. The second-order valence-corrected chi connectivity index (χ2v) is 4.31. The molecule has 2 nitrogen and oxygen atoms in total. The summed E-state index contributed by atoms with van der Waals surface area (Å²) in [6.45, 7) is 3.16. The van der Waals surface area contributed by atoms with Crippen molar-refractivity contribution in [2.24, 2.45) is 0 Å². The minimum Gasteiger partial charge on any atom is -0.333 e. The third-order valence-corrected chi connectivity index (χ3v) is 3.28. The Labute approximate surface area is 91.1 Å². The van der Waals surface area contributed by atoms with E-state index < -0.39 is 11.7 Å². The van der Waals surface area contributed by atoms with Crippen molar-refractivity contribution in [2.75, 3.05) is 0 Å². The highest BCUT2D eigenvalue weighted by Crippen LogP contribution is 2.56. The van der Waals surface area contributed by atoms with E-state index in [2.05, 4.69) is 0 Å². The third kappa shape index (κ3) is 1.30. The Morgan fingerprint density at radius 2 is 1.94 bits per heavy atom. The number of aryl methyl sites for hydroxylation is 1. The molecule has 0 aromatic carbocycles. The Morgan fingerprint density at radius 1 is 1.38 bits per heavy atom. The Balaban J connectivity index is 2.57. The van der Waals surface area contributed by atoms with Crippen LogP contribution in [0.25, 0.3) is 0 Å². The van der Waals surface area contributed by atoms with Crippen LogP contribution in [-0.2, 0) is 5.54 Å². The fourth-order valence-corrected chi connectivity index (χ4v) is 2.32. The molecule has 88 valence electrons. The highest BCUT2D eigenvalue weighted by atomic mass is 19.4. The number of hydrogen-bond acceptors (Lipinski definition) is 1. The maximum atomic E-state index is 12.9. The third-order valence-electron chi connectivity index (χ3n) is 3.28. The molecule has 1 aromatic rings. The molecule has 0 saturated heterocycles. The second-order valence-electron chi connectivity index (χ2n) is 4.31. The van der Waals surface area contributed by atoms with Gasteiger partial charge in [-0.15, -0.1) is 0 Å². The quantitative estimate of drug-likeness (QED) is 0.717. The van der Waals surface area contributed by atoms with Gasteiger partial charge in [0.15, 0.2) is 6.29 Å². The summed E-state index contributed by atoms with van der Waals surface area (Å²) in [5.41, 5.74) is -0.521. The largest absolute Gasteiger partial charge is 0.411 e. The minimum absolute atomic E-state index is 0.102. The van der Waals surface area contributed by atoms with Crippen LogP contribution in [0.3, 0.4) is 0 Å². The highest BCUT2D eigenvalue weighted by Gasteiger charge is 2.65. The van der Waals surface area contributed by atoms with E-state index >= 15 is 0 Å². The number of carbonyl (C=O) groups is 1. The van der Waals surface area contributed by atoms with E-state index in [1.54, 1.807) is 13.8 Å². The SMILES string of the molecule is Cc1cc(C=O)c(C)n1C1(C(F)(F)F)CC1. The van der Waals surface area contributed by atoms with Gasteiger partial charge in [-0.2, -0.15) is 13.2 Å². The zero-order chi connectivity index (χ0) is 12.1. The molecule has 0 radical (unpaired) electrons. The van der Waals surface area contributed by atoms with Gasteiger partial charge in [-0.25, -0.2) is 0 Å². The zero-order valence-corrected chi connectivity index (χ0v) is 9.06. The number of aromatic nitrogens is 1. The number of nitrogens with zero attached hydrogens (tertiary/aromatic N) is 1. The molecular formula is C11H12F3NO. The number of aldehydes is 1. The summed E-state index contributed by atoms with van der Waals surface area (Å²) in [6, 6.07) is 1.51. The first-order chi connectivity index (χ1) is 7.33. The molecule has 0 unspecified atom stereocenters.